The summed E-state index contributed by atoms with van der Waals surface area (Å²) in [5.41, 5.74) is -4.58. The Bertz CT molecular complexity index is 960. The Morgan fingerprint density at radius 3 is 2.48 bits per heavy atom. The lowest BCUT2D eigenvalue weighted by Gasteiger charge is -2.22. The maximum atomic E-state index is 15.4. The number of amides is 2. The van der Waals surface area contributed by atoms with Gasteiger partial charge in [0.15, 0.2) is 5.67 Å². The molecule has 2 aliphatic heterocycles. The van der Waals surface area contributed by atoms with Crippen LogP contribution >= 0.6 is 0 Å². The van der Waals surface area contributed by atoms with Crippen molar-refractivity contribution in [3.8, 4) is 0 Å². The van der Waals surface area contributed by atoms with E-state index in [-0.39, 0.29) is 13.1 Å². The molecule has 2 aromatic rings. The number of halogens is 2. The lowest BCUT2D eigenvalue weighted by atomic mass is 9.93. The second-order valence-electron chi connectivity index (χ2n) is 8.12. The topological polar surface area (TPSA) is 40.6 Å². The summed E-state index contributed by atoms with van der Waals surface area (Å²) in [6, 6.07) is 12.8. The molecule has 0 unspecified atom stereocenters. The van der Waals surface area contributed by atoms with Gasteiger partial charge in [0.2, 0.25) is 5.67 Å². The van der Waals surface area contributed by atoms with Crippen LogP contribution in [0.25, 0.3) is 10.8 Å². The molecular formula is C21H20F2N2O2. The number of carbonyl (C=O) groups is 2. The van der Waals surface area contributed by atoms with E-state index in [4.69, 9.17) is 0 Å². The maximum absolute atomic E-state index is 15.4. The number of alkyl halides is 2. The number of carbonyl (C=O) groups excluding carboxylic acids is 2. The Labute approximate surface area is 155 Å². The van der Waals surface area contributed by atoms with Crippen LogP contribution in [0.15, 0.2) is 42.5 Å². The first-order valence-electron chi connectivity index (χ1n) is 9.35. The van der Waals surface area contributed by atoms with Gasteiger partial charge in [0, 0.05) is 12.1 Å². The van der Waals surface area contributed by atoms with Crippen molar-refractivity contribution in [2.45, 2.75) is 24.2 Å². The number of rotatable bonds is 3. The van der Waals surface area contributed by atoms with Crippen LogP contribution in [-0.4, -0.2) is 59.1 Å². The number of benzene rings is 2. The first-order valence-corrected chi connectivity index (χ1v) is 9.35. The molecule has 1 aliphatic carbocycles. The number of likely N-dealkylation sites (tertiary alicyclic amines) is 2. The van der Waals surface area contributed by atoms with Crippen LogP contribution < -0.4 is 0 Å². The Morgan fingerprint density at radius 1 is 1.04 bits per heavy atom. The first kappa shape index (κ1) is 16.7. The molecule has 3 fully saturated rings. The van der Waals surface area contributed by atoms with E-state index >= 15 is 8.78 Å². The summed E-state index contributed by atoms with van der Waals surface area (Å²) in [6.45, 7) is -0.744. The minimum absolute atomic E-state index is 0.264. The second-order valence-corrected chi connectivity index (χ2v) is 8.12. The lowest BCUT2D eigenvalue weighted by molar-refractivity contribution is -0.139. The zero-order valence-electron chi connectivity index (χ0n) is 14.8. The number of fused-ring (bicyclic) bond motifs is 2. The highest BCUT2D eigenvalue weighted by molar-refractivity contribution is 6.00. The maximum Gasteiger partial charge on any atom is 0.265 e. The average Bonchev–Trinajstić information content (AvgIpc) is 3.41. The monoisotopic (exact) mass is 370 g/mol. The molecule has 2 atom stereocenters. The highest BCUT2D eigenvalue weighted by atomic mass is 19.2. The van der Waals surface area contributed by atoms with Crippen molar-refractivity contribution in [1.29, 1.82) is 0 Å². The first-order chi connectivity index (χ1) is 12.9. The van der Waals surface area contributed by atoms with Crippen LogP contribution in [0.1, 0.15) is 23.2 Å². The predicted molar refractivity (Wildman–Crippen MR) is 96.8 cm³/mol. The molecule has 0 radical (unpaired) electrons. The van der Waals surface area contributed by atoms with Gasteiger partial charge in [-0.3, -0.25) is 9.59 Å². The van der Waals surface area contributed by atoms with Crippen molar-refractivity contribution in [1.82, 2.24) is 9.80 Å². The van der Waals surface area contributed by atoms with E-state index in [9.17, 15) is 9.59 Å². The van der Waals surface area contributed by atoms with Crippen LogP contribution in [0, 0.1) is 5.92 Å². The van der Waals surface area contributed by atoms with E-state index in [0.29, 0.717) is 18.0 Å². The van der Waals surface area contributed by atoms with E-state index in [0.717, 1.165) is 28.5 Å². The number of hydrogen-bond donors (Lipinski definition) is 0. The minimum atomic E-state index is -2.63. The highest BCUT2D eigenvalue weighted by Crippen LogP contribution is 2.47. The molecule has 0 spiro atoms. The minimum Gasteiger partial charge on any atom is -0.336 e. The Kier molecular flexibility index (Phi) is 3.39. The molecule has 4 nitrogen and oxygen atoms in total. The molecule has 2 aromatic carbocycles. The van der Waals surface area contributed by atoms with Gasteiger partial charge in [0.05, 0.1) is 19.6 Å². The summed E-state index contributed by atoms with van der Waals surface area (Å²) in [6.07, 6.45) is 2.02. The van der Waals surface area contributed by atoms with Crippen molar-refractivity contribution in [3.63, 3.8) is 0 Å². The normalized spacial score (nSPS) is 30.2. The summed E-state index contributed by atoms with van der Waals surface area (Å²) in [5, 5.41) is 1.88. The van der Waals surface area contributed by atoms with Crippen molar-refractivity contribution in [3.05, 3.63) is 48.0 Å². The summed E-state index contributed by atoms with van der Waals surface area (Å²) in [7, 11) is 0. The van der Waals surface area contributed by atoms with Gasteiger partial charge in [-0.15, -0.1) is 0 Å². The van der Waals surface area contributed by atoms with E-state index in [1.54, 1.807) is 12.1 Å². The Balaban J connectivity index is 1.39. The van der Waals surface area contributed by atoms with Crippen LogP contribution in [0.5, 0.6) is 0 Å². The summed E-state index contributed by atoms with van der Waals surface area (Å²) in [4.78, 5) is 27.8. The summed E-state index contributed by atoms with van der Waals surface area (Å²) < 4.78 is 30.8. The zero-order chi connectivity index (χ0) is 18.8. The number of nitrogens with zero attached hydrogens (tertiary/aromatic N) is 2. The molecule has 0 N–H and O–H groups in total. The number of hydrogen-bond acceptors (Lipinski definition) is 2. The fourth-order valence-electron chi connectivity index (χ4n) is 4.36. The van der Waals surface area contributed by atoms with Gasteiger partial charge in [0.25, 0.3) is 11.8 Å². The third-order valence-corrected chi connectivity index (χ3v) is 6.09. The Morgan fingerprint density at radius 2 is 1.78 bits per heavy atom. The molecule has 2 saturated heterocycles. The van der Waals surface area contributed by atoms with Gasteiger partial charge in [-0.05, 0) is 41.7 Å². The predicted octanol–water partition coefficient (Wildman–Crippen LogP) is 2.96. The molecule has 0 aromatic heterocycles. The van der Waals surface area contributed by atoms with Crippen molar-refractivity contribution in [2.24, 2.45) is 5.92 Å². The molecule has 5 rings (SSSR count). The zero-order valence-corrected chi connectivity index (χ0v) is 14.8. The molecule has 140 valence electrons. The molecule has 6 heteroatoms. The van der Waals surface area contributed by atoms with Crippen LogP contribution in [-0.2, 0) is 4.79 Å². The smallest absolute Gasteiger partial charge is 0.265 e. The van der Waals surface area contributed by atoms with Crippen LogP contribution in [0.2, 0.25) is 0 Å². The van der Waals surface area contributed by atoms with Gasteiger partial charge >= 0.3 is 0 Å². The second kappa shape index (κ2) is 5.50. The van der Waals surface area contributed by atoms with E-state index < -0.39 is 29.7 Å². The summed E-state index contributed by atoms with van der Waals surface area (Å²) in [5.74, 6) is -0.869. The van der Waals surface area contributed by atoms with E-state index in [1.165, 1.54) is 4.90 Å². The van der Waals surface area contributed by atoms with E-state index in [2.05, 4.69) is 0 Å². The third-order valence-electron chi connectivity index (χ3n) is 6.09. The van der Waals surface area contributed by atoms with Gasteiger partial charge in [-0.1, -0.05) is 30.3 Å². The van der Waals surface area contributed by atoms with Crippen molar-refractivity contribution < 1.29 is 18.4 Å². The van der Waals surface area contributed by atoms with Gasteiger partial charge < -0.3 is 9.80 Å². The van der Waals surface area contributed by atoms with Gasteiger partial charge in [-0.2, -0.15) is 0 Å². The van der Waals surface area contributed by atoms with Crippen LogP contribution in [0.3, 0.4) is 0 Å². The van der Waals surface area contributed by atoms with Crippen molar-refractivity contribution >= 4 is 22.6 Å². The molecular weight excluding hydrogens is 350 g/mol. The summed E-state index contributed by atoms with van der Waals surface area (Å²) >= 11 is 0. The van der Waals surface area contributed by atoms with Gasteiger partial charge in [-0.25, -0.2) is 8.78 Å². The molecule has 2 heterocycles. The highest BCUT2D eigenvalue weighted by Gasteiger charge is 2.71. The fourth-order valence-corrected chi connectivity index (χ4v) is 4.36. The molecule has 3 aliphatic rings. The molecule has 0 bridgehead atoms. The molecule has 27 heavy (non-hydrogen) atoms. The third kappa shape index (κ3) is 2.46. The fraction of sp³-hybridized carbons (Fsp3) is 0.429. The van der Waals surface area contributed by atoms with Crippen LogP contribution in [0.4, 0.5) is 8.78 Å². The average molecular weight is 370 g/mol. The Hall–Kier alpha value is -2.50. The van der Waals surface area contributed by atoms with Crippen molar-refractivity contribution in [2.75, 3.05) is 26.2 Å². The largest absolute Gasteiger partial charge is 0.336 e. The molecule has 2 amide bonds. The quantitative estimate of drug-likeness (QED) is 0.834. The van der Waals surface area contributed by atoms with Gasteiger partial charge in [0.1, 0.15) is 0 Å². The lowest BCUT2D eigenvalue weighted by Crippen LogP contribution is -2.47. The van der Waals surface area contributed by atoms with E-state index in [1.807, 2.05) is 30.3 Å². The molecule has 1 saturated carbocycles. The SMILES string of the molecule is O=C(c1ccc2ccccc2c1)N1C[C@@]2(F)CN(CC3CC3)C(=O)[C@@]2(F)C1. The standard InChI is InChI=1S/C21H20F2N2O2/c22-20-11-24(10-14-5-6-14)19(27)21(20,23)13-25(12-20)18(26)17-8-7-15-3-1-2-4-16(15)9-17/h1-4,7-9,14H,5-6,10-13H2/t20-,21-/m0/s1.